The van der Waals surface area contributed by atoms with Crippen molar-refractivity contribution in [2.75, 3.05) is 7.11 Å². The molecule has 18 heavy (non-hydrogen) atoms. The van der Waals surface area contributed by atoms with Crippen LogP contribution < -0.4 is 4.74 Å². The number of rotatable bonds is 5. The van der Waals surface area contributed by atoms with Gasteiger partial charge in [-0.2, -0.15) is 0 Å². The maximum Gasteiger partial charge on any atom is 0.317 e. The summed E-state index contributed by atoms with van der Waals surface area (Å²) in [6, 6.07) is 7.75. The van der Waals surface area contributed by atoms with Gasteiger partial charge < -0.3 is 9.47 Å². The minimum absolute atomic E-state index is 0.0681. The average Bonchev–Trinajstić information content (AvgIpc) is 2.76. The predicted molar refractivity (Wildman–Crippen MR) is 69.8 cm³/mol. The molecule has 0 saturated carbocycles. The van der Waals surface area contributed by atoms with E-state index in [2.05, 4.69) is 6.92 Å². The van der Waals surface area contributed by atoms with Gasteiger partial charge in [-0.1, -0.05) is 38.0 Å². The second kappa shape index (κ2) is 5.89. The van der Waals surface area contributed by atoms with Gasteiger partial charge in [0.25, 0.3) is 0 Å². The molecule has 98 valence electrons. The van der Waals surface area contributed by atoms with Crippen LogP contribution in [0.5, 0.6) is 5.75 Å². The van der Waals surface area contributed by atoms with Gasteiger partial charge >= 0.3 is 5.97 Å². The maximum absolute atomic E-state index is 11.9. The van der Waals surface area contributed by atoms with Crippen LogP contribution in [0.15, 0.2) is 24.3 Å². The summed E-state index contributed by atoms with van der Waals surface area (Å²) in [5.74, 6) is 0.374. The van der Waals surface area contributed by atoms with E-state index in [1.165, 1.54) is 20.0 Å². The zero-order valence-electron chi connectivity index (χ0n) is 11.0. The number of benzene rings is 1. The Bertz CT molecular complexity index is 414. The number of hydrogen-bond donors (Lipinski definition) is 0. The van der Waals surface area contributed by atoms with Crippen LogP contribution in [-0.4, -0.2) is 19.2 Å². The highest BCUT2D eigenvalue weighted by Crippen LogP contribution is 2.40. The quantitative estimate of drug-likeness (QED) is 0.592. The SMILES string of the molecule is CCCCC[C@@H]1Oc2ccccc2[C@@H]1C(=O)OC. The molecule has 0 N–H and O–H groups in total. The third-order valence-corrected chi connectivity index (χ3v) is 3.45. The molecule has 2 atom stereocenters. The number of ether oxygens (including phenoxy) is 2. The highest BCUT2D eigenvalue weighted by molar-refractivity contribution is 5.81. The molecule has 3 heteroatoms. The highest BCUT2D eigenvalue weighted by atomic mass is 16.5. The van der Waals surface area contributed by atoms with Gasteiger partial charge in [0.05, 0.1) is 7.11 Å². The van der Waals surface area contributed by atoms with Gasteiger partial charge in [0.15, 0.2) is 0 Å². The van der Waals surface area contributed by atoms with Crippen molar-refractivity contribution in [2.45, 2.75) is 44.6 Å². The van der Waals surface area contributed by atoms with Crippen molar-refractivity contribution in [1.29, 1.82) is 0 Å². The summed E-state index contributed by atoms with van der Waals surface area (Å²) in [6.07, 6.45) is 4.26. The monoisotopic (exact) mass is 248 g/mol. The topological polar surface area (TPSA) is 35.5 Å². The first-order chi connectivity index (χ1) is 8.77. The largest absolute Gasteiger partial charge is 0.489 e. The number of para-hydroxylation sites is 1. The lowest BCUT2D eigenvalue weighted by atomic mass is 9.92. The molecule has 0 fully saturated rings. The Labute approximate surface area is 108 Å². The fourth-order valence-corrected chi connectivity index (χ4v) is 2.50. The predicted octanol–water partition coefficient (Wildman–Crippen LogP) is 3.28. The van der Waals surface area contributed by atoms with Gasteiger partial charge in [-0.05, 0) is 18.9 Å². The van der Waals surface area contributed by atoms with Crippen LogP contribution in [0.3, 0.4) is 0 Å². The molecular formula is C15H20O3. The summed E-state index contributed by atoms with van der Waals surface area (Å²) in [6.45, 7) is 2.17. The molecule has 1 aliphatic heterocycles. The van der Waals surface area contributed by atoms with Crippen molar-refractivity contribution < 1.29 is 14.3 Å². The van der Waals surface area contributed by atoms with Crippen molar-refractivity contribution in [2.24, 2.45) is 0 Å². The molecule has 2 rings (SSSR count). The Hall–Kier alpha value is -1.51. The number of unbranched alkanes of at least 4 members (excludes halogenated alkanes) is 2. The number of methoxy groups -OCH3 is 1. The van der Waals surface area contributed by atoms with E-state index in [1.54, 1.807) is 0 Å². The van der Waals surface area contributed by atoms with E-state index in [0.717, 1.165) is 24.2 Å². The number of carbonyl (C=O) groups excluding carboxylic acids is 1. The van der Waals surface area contributed by atoms with Crippen molar-refractivity contribution >= 4 is 5.97 Å². The first-order valence-corrected chi connectivity index (χ1v) is 6.61. The summed E-state index contributed by atoms with van der Waals surface area (Å²) < 4.78 is 10.8. The number of carbonyl (C=O) groups is 1. The van der Waals surface area contributed by atoms with Crippen LogP contribution in [0, 0.1) is 0 Å². The number of esters is 1. The molecule has 0 aromatic heterocycles. The molecular weight excluding hydrogens is 228 g/mol. The Balaban J connectivity index is 2.15. The number of fused-ring (bicyclic) bond motifs is 1. The van der Waals surface area contributed by atoms with Gasteiger partial charge in [0.1, 0.15) is 17.8 Å². The first-order valence-electron chi connectivity index (χ1n) is 6.61. The Morgan fingerprint density at radius 2 is 2.11 bits per heavy atom. The molecule has 1 heterocycles. The first kappa shape index (κ1) is 12.9. The van der Waals surface area contributed by atoms with Crippen LogP contribution in [0.25, 0.3) is 0 Å². The van der Waals surface area contributed by atoms with Crippen molar-refractivity contribution in [3.63, 3.8) is 0 Å². The Morgan fingerprint density at radius 3 is 2.83 bits per heavy atom. The third kappa shape index (κ3) is 2.50. The zero-order valence-corrected chi connectivity index (χ0v) is 11.0. The van der Waals surface area contributed by atoms with Gasteiger partial charge in [0, 0.05) is 5.56 Å². The molecule has 0 bridgehead atoms. The fraction of sp³-hybridized carbons (Fsp3) is 0.533. The average molecular weight is 248 g/mol. The molecule has 0 radical (unpaired) electrons. The second-order valence-corrected chi connectivity index (χ2v) is 4.69. The summed E-state index contributed by atoms with van der Waals surface area (Å²) >= 11 is 0. The molecule has 1 aromatic rings. The fourth-order valence-electron chi connectivity index (χ4n) is 2.50. The third-order valence-electron chi connectivity index (χ3n) is 3.45. The van der Waals surface area contributed by atoms with E-state index in [1.807, 2.05) is 24.3 Å². The van der Waals surface area contributed by atoms with Crippen LogP contribution >= 0.6 is 0 Å². The Kier molecular flexibility index (Phi) is 4.24. The molecule has 0 spiro atoms. The highest BCUT2D eigenvalue weighted by Gasteiger charge is 2.39. The molecule has 1 aliphatic rings. The summed E-state index contributed by atoms with van der Waals surface area (Å²) in [7, 11) is 1.44. The van der Waals surface area contributed by atoms with E-state index >= 15 is 0 Å². The lowest BCUT2D eigenvalue weighted by Crippen LogP contribution is -2.26. The molecule has 0 unspecified atom stereocenters. The standard InChI is InChI=1S/C15H20O3/c1-3-4-5-10-13-14(15(16)17-2)11-8-6-7-9-12(11)18-13/h6-9,13-14H,3-5,10H2,1-2H3/t13-,14-/m0/s1. The van der Waals surface area contributed by atoms with Crippen molar-refractivity contribution in [3.05, 3.63) is 29.8 Å². The summed E-state index contributed by atoms with van der Waals surface area (Å²) in [5.41, 5.74) is 0.964. The zero-order chi connectivity index (χ0) is 13.0. The van der Waals surface area contributed by atoms with Gasteiger partial charge in [0.2, 0.25) is 0 Å². The smallest absolute Gasteiger partial charge is 0.317 e. The maximum atomic E-state index is 11.9. The molecule has 1 aromatic carbocycles. The molecule has 3 nitrogen and oxygen atoms in total. The van der Waals surface area contributed by atoms with E-state index in [0.29, 0.717) is 0 Å². The second-order valence-electron chi connectivity index (χ2n) is 4.69. The normalized spacial score (nSPS) is 21.2. The number of hydrogen-bond acceptors (Lipinski definition) is 3. The van der Waals surface area contributed by atoms with Gasteiger partial charge in [-0.3, -0.25) is 4.79 Å². The van der Waals surface area contributed by atoms with E-state index in [9.17, 15) is 4.79 Å². The van der Waals surface area contributed by atoms with E-state index in [4.69, 9.17) is 9.47 Å². The van der Waals surface area contributed by atoms with E-state index in [-0.39, 0.29) is 18.0 Å². The van der Waals surface area contributed by atoms with Crippen molar-refractivity contribution in [1.82, 2.24) is 0 Å². The summed E-state index contributed by atoms with van der Waals surface area (Å²) in [5, 5.41) is 0. The van der Waals surface area contributed by atoms with Crippen LogP contribution in [0.2, 0.25) is 0 Å². The molecule has 0 saturated heterocycles. The lowest BCUT2D eigenvalue weighted by Gasteiger charge is -2.16. The molecule has 0 aliphatic carbocycles. The van der Waals surface area contributed by atoms with E-state index < -0.39 is 0 Å². The van der Waals surface area contributed by atoms with Gasteiger partial charge in [-0.15, -0.1) is 0 Å². The molecule has 0 amide bonds. The van der Waals surface area contributed by atoms with Gasteiger partial charge in [-0.25, -0.2) is 0 Å². The summed E-state index contributed by atoms with van der Waals surface area (Å²) in [4.78, 5) is 11.9. The van der Waals surface area contributed by atoms with Crippen LogP contribution in [0.4, 0.5) is 0 Å². The van der Waals surface area contributed by atoms with Crippen molar-refractivity contribution in [3.8, 4) is 5.75 Å². The van der Waals surface area contributed by atoms with Crippen LogP contribution in [-0.2, 0) is 9.53 Å². The van der Waals surface area contributed by atoms with Crippen LogP contribution in [0.1, 0.15) is 44.1 Å². The minimum Gasteiger partial charge on any atom is -0.489 e. The Morgan fingerprint density at radius 1 is 1.33 bits per heavy atom. The minimum atomic E-state index is -0.261. The lowest BCUT2D eigenvalue weighted by molar-refractivity contribution is -0.144.